The number of carboxylic acid groups (broad SMARTS) is 2. The van der Waals surface area contributed by atoms with E-state index in [-0.39, 0.29) is 36.8 Å². The summed E-state index contributed by atoms with van der Waals surface area (Å²) in [5, 5.41) is 14.2. The fraction of sp³-hybridized carbons (Fsp3) is 0.472. The molecule has 0 unspecified atom stereocenters. The predicted octanol–water partition coefficient (Wildman–Crippen LogP) is 6.73. The van der Waals surface area contributed by atoms with Crippen molar-refractivity contribution in [2.75, 3.05) is 0 Å². The first kappa shape index (κ1) is 51.4. The molecule has 0 aromatic heterocycles. The number of hydrogen-bond acceptors (Lipinski definition) is 7. The zero-order chi connectivity index (χ0) is 46.2. The number of nitrogens with zero attached hydrogens (tertiary/aromatic N) is 4. The highest BCUT2D eigenvalue weighted by Gasteiger charge is 2.60. The van der Waals surface area contributed by atoms with Crippen molar-refractivity contribution in [2.24, 2.45) is 38.3 Å². The van der Waals surface area contributed by atoms with Crippen LogP contribution >= 0.6 is 63.7 Å². The van der Waals surface area contributed by atoms with Crippen LogP contribution in [0.5, 0.6) is 0 Å². The minimum Gasteiger partial charge on any atom is -0.475 e. The number of aliphatic carboxylic acids is 2. The van der Waals surface area contributed by atoms with Gasteiger partial charge in [-0.2, -0.15) is 26.3 Å². The van der Waals surface area contributed by atoms with E-state index in [1.54, 1.807) is 0 Å². The molecule has 61 heavy (non-hydrogen) atoms. The summed E-state index contributed by atoms with van der Waals surface area (Å²) in [5.41, 5.74) is 22.6. The van der Waals surface area contributed by atoms with Gasteiger partial charge < -0.3 is 33.1 Å². The van der Waals surface area contributed by atoms with Crippen molar-refractivity contribution < 1.29 is 60.5 Å². The molecule has 2 aliphatic carbocycles. The molecule has 0 radical (unpaired) electrons. The molecule has 10 N–H and O–H groups in total. The molecule has 25 heteroatoms. The van der Waals surface area contributed by atoms with Crippen LogP contribution in [0.1, 0.15) is 62.5 Å². The van der Waals surface area contributed by atoms with Crippen LogP contribution in [0, 0.1) is 5.41 Å². The zero-order valence-electron chi connectivity index (χ0n) is 31.7. The number of urea groups is 1. The number of halogens is 10. The summed E-state index contributed by atoms with van der Waals surface area (Å²) in [6, 6.07) is 9.91. The first-order chi connectivity index (χ1) is 28.1. The lowest BCUT2D eigenvalue weighted by Crippen LogP contribution is -2.70. The minimum absolute atomic E-state index is 0.0195. The molecular formula is C36H40Br4F6N8O7. The third kappa shape index (κ3) is 14.5. The highest BCUT2D eigenvalue weighted by Crippen LogP contribution is 2.43. The lowest BCUT2D eigenvalue weighted by Gasteiger charge is -2.50. The second-order valence-electron chi connectivity index (χ2n) is 14.3. The van der Waals surface area contributed by atoms with Crippen LogP contribution in [0.2, 0.25) is 0 Å². The molecule has 336 valence electrons. The van der Waals surface area contributed by atoms with Crippen molar-refractivity contribution in [2.45, 2.75) is 101 Å². The van der Waals surface area contributed by atoms with E-state index >= 15 is 9.59 Å². The Labute approximate surface area is 378 Å². The molecule has 3 fully saturated rings. The lowest BCUT2D eigenvalue weighted by molar-refractivity contribution is -0.193. The van der Waals surface area contributed by atoms with Gasteiger partial charge in [0.25, 0.3) is 0 Å². The molecule has 5 rings (SSSR count). The molecule has 0 bridgehead atoms. The highest BCUT2D eigenvalue weighted by atomic mass is 79.9. The first-order valence-corrected chi connectivity index (χ1v) is 21.2. The molecule has 2 saturated carbocycles. The maximum Gasteiger partial charge on any atom is 0.490 e. The number of aliphatic imine (C=N–C) groups is 2. The van der Waals surface area contributed by atoms with Gasteiger partial charge in [0.05, 0.1) is 12.1 Å². The van der Waals surface area contributed by atoms with Crippen LogP contribution in [0.4, 0.5) is 31.1 Å². The summed E-state index contributed by atoms with van der Waals surface area (Å²) >= 11 is 14.3. The summed E-state index contributed by atoms with van der Waals surface area (Å²) in [6.07, 6.45) is -5.42. The number of carboxylic acids is 2. The van der Waals surface area contributed by atoms with Crippen molar-refractivity contribution in [3.8, 4) is 0 Å². The highest BCUT2D eigenvalue weighted by molar-refractivity contribution is 9.11. The maximum absolute atomic E-state index is 15.1. The van der Waals surface area contributed by atoms with Gasteiger partial charge in [0.1, 0.15) is 5.41 Å². The second-order valence-corrected chi connectivity index (χ2v) is 17.9. The van der Waals surface area contributed by atoms with Crippen LogP contribution in [0.25, 0.3) is 0 Å². The fourth-order valence-corrected chi connectivity index (χ4v) is 10.1. The van der Waals surface area contributed by atoms with Crippen LogP contribution in [-0.2, 0) is 32.0 Å². The van der Waals surface area contributed by atoms with Gasteiger partial charge in [0.2, 0.25) is 11.8 Å². The second kappa shape index (κ2) is 21.4. The normalized spacial score (nSPS) is 21.6. The Morgan fingerprint density at radius 2 is 0.852 bits per heavy atom. The van der Waals surface area contributed by atoms with E-state index in [9.17, 15) is 31.1 Å². The average molecular weight is 1130 g/mol. The number of rotatable bonds is 8. The number of hydrogen-bond donors (Lipinski definition) is 6. The number of barbiturate groups is 1. The molecule has 15 nitrogen and oxygen atoms in total. The van der Waals surface area contributed by atoms with Crippen molar-refractivity contribution in [1.82, 2.24) is 9.80 Å². The topological polar surface area (TPSA) is 261 Å². The van der Waals surface area contributed by atoms with Gasteiger partial charge in [0, 0.05) is 30.0 Å². The van der Waals surface area contributed by atoms with E-state index in [4.69, 9.17) is 42.7 Å². The molecule has 2 aromatic carbocycles. The number of carbonyl (C=O) groups is 5. The Kier molecular flexibility index (Phi) is 18.0. The van der Waals surface area contributed by atoms with Gasteiger partial charge in [0.15, 0.2) is 11.9 Å². The molecule has 1 heterocycles. The number of guanidine groups is 2. The Morgan fingerprint density at radius 1 is 0.590 bits per heavy atom. The van der Waals surface area contributed by atoms with E-state index < -0.39 is 59.6 Å². The van der Waals surface area contributed by atoms with Gasteiger partial charge in [-0.3, -0.25) is 29.4 Å². The lowest BCUT2D eigenvalue weighted by atomic mass is 9.71. The zero-order valence-corrected chi connectivity index (χ0v) is 38.0. The van der Waals surface area contributed by atoms with Crippen LogP contribution < -0.4 is 22.9 Å². The van der Waals surface area contributed by atoms with Crippen LogP contribution in [0.3, 0.4) is 0 Å². The average Bonchev–Trinajstić information content (AvgIpc) is 3.11. The van der Waals surface area contributed by atoms with Crippen molar-refractivity contribution in [3.63, 3.8) is 0 Å². The third-order valence-electron chi connectivity index (χ3n) is 9.74. The van der Waals surface area contributed by atoms with Crippen molar-refractivity contribution >= 4 is 105 Å². The Morgan fingerprint density at radius 3 is 1.08 bits per heavy atom. The maximum atomic E-state index is 15.1. The Hall–Kier alpha value is -3.97. The number of carbonyl (C=O) groups excluding carboxylic acids is 3. The number of imide groups is 2. The van der Waals surface area contributed by atoms with E-state index in [0.717, 1.165) is 29.0 Å². The summed E-state index contributed by atoms with van der Waals surface area (Å²) in [5.74, 6) is -6.43. The standard InChI is InChI=1S/C32H38Br4N8O3.2C2HF3O2/c33-19-9-17(10-20(34)13-19)15-32(16-18-11-21(35)14-22(36)12-18)27(45)43(25-5-1-23(2-6-25)41-29(37)38)31(47)44(28(32)46)26-7-3-24(4-8-26)42-30(39)40;2*3-2(4,5)1(6)7/h9-14,23-26H,1-8,15-16H2,(H4,37,38,41)(H4,39,40,42);2*(H,6,7). The van der Waals surface area contributed by atoms with Gasteiger partial charge >= 0.3 is 30.3 Å². The van der Waals surface area contributed by atoms with Gasteiger partial charge in [-0.25, -0.2) is 14.4 Å². The summed E-state index contributed by atoms with van der Waals surface area (Å²) in [7, 11) is 0. The van der Waals surface area contributed by atoms with E-state index in [1.165, 1.54) is 9.80 Å². The van der Waals surface area contributed by atoms with Gasteiger partial charge in [-0.1, -0.05) is 63.7 Å². The molecule has 3 aliphatic rings. The number of benzene rings is 2. The quantitative estimate of drug-likeness (QED) is 0.0698. The molecule has 2 aromatic rings. The molecule has 0 atom stereocenters. The predicted molar refractivity (Wildman–Crippen MR) is 224 cm³/mol. The van der Waals surface area contributed by atoms with Crippen molar-refractivity contribution in [1.29, 1.82) is 0 Å². The van der Waals surface area contributed by atoms with Crippen molar-refractivity contribution in [3.05, 3.63) is 65.4 Å². The van der Waals surface area contributed by atoms with E-state index in [0.29, 0.717) is 51.4 Å². The largest absolute Gasteiger partial charge is 0.490 e. The molecule has 1 aliphatic heterocycles. The first-order valence-electron chi connectivity index (χ1n) is 18.0. The van der Waals surface area contributed by atoms with Crippen LogP contribution in [0.15, 0.2) is 64.3 Å². The SMILES string of the molecule is NC(N)=NC1CCC(N2C(=O)N(C3CCC(N=C(N)N)CC3)C(=O)C(Cc3cc(Br)cc(Br)c3)(Cc3cc(Br)cc(Br)c3)C2=O)CC1.O=C(O)C(F)(F)F.O=C(O)C(F)(F)F. The van der Waals surface area contributed by atoms with Gasteiger partial charge in [-0.15, -0.1) is 0 Å². The smallest absolute Gasteiger partial charge is 0.475 e. The number of nitrogens with two attached hydrogens (primary N) is 4. The molecular weight excluding hydrogens is 1090 g/mol. The number of alkyl halides is 6. The Balaban J connectivity index is 0.000000609. The summed E-state index contributed by atoms with van der Waals surface area (Å²) in [4.78, 5) is 73.9. The van der Waals surface area contributed by atoms with Gasteiger partial charge in [-0.05, 0) is 112 Å². The van der Waals surface area contributed by atoms with E-state index in [2.05, 4.69) is 73.7 Å². The molecule has 4 amide bonds. The summed E-state index contributed by atoms with van der Waals surface area (Å²) < 4.78 is 66.7. The molecule has 0 spiro atoms. The summed E-state index contributed by atoms with van der Waals surface area (Å²) in [6.45, 7) is 0. The van der Waals surface area contributed by atoms with Crippen LogP contribution in [-0.4, -0.2) is 98.2 Å². The minimum atomic E-state index is -5.08. The molecule has 1 saturated heterocycles. The Bertz CT molecular complexity index is 1840. The monoisotopic (exact) mass is 1130 g/mol. The fourth-order valence-electron chi connectivity index (χ4n) is 7.29. The number of amides is 4. The third-order valence-corrected chi connectivity index (χ3v) is 11.6. The van der Waals surface area contributed by atoms with E-state index in [1.807, 2.05) is 36.4 Å².